The van der Waals surface area contributed by atoms with Crippen molar-refractivity contribution in [1.29, 1.82) is 0 Å². The molecule has 1 heterocycles. The Kier molecular flexibility index (Phi) is 3.60. The van der Waals surface area contributed by atoms with Gasteiger partial charge in [0.25, 0.3) is 10.0 Å². The third-order valence-corrected chi connectivity index (χ3v) is 4.30. The molecule has 0 aliphatic carbocycles. The zero-order valence-corrected chi connectivity index (χ0v) is 12.1. The van der Waals surface area contributed by atoms with Crippen molar-refractivity contribution in [3.05, 3.63) is 35.0 Å². The van der Waals surface area contributed by atoms with E-state index in [0.717, 1.165) is 12.1 Å². The van der Waals surface area contributed by atoms with Crippen molar-refractivity contribution in [1.82, 2.24) is 5.16 Å². The van der Waals surface area contributed by atoms with E-state index in [1.807, 2.05) is 0 Å². The highest BCUT2D eigenvalue weighted by Crippen LogP contribution is 2.24. The number of anilines is 2. The topological polar surface area (TPSA) is 136 Å². The number of aryl methyl sites for hydroxylation is 1. The number of hydrogen-bond donors (Lipinski definition) is 3. The molecule has 0 amide bonds. The highest BCUT2D eigenvalue weighted by Gasteiger charge is 2.25. The minimum Gasteiger partial charge on any atom is -0.478 e. The molecule has 0 saturated carbocycles. The van der Waals surface area contributed by atoms with Crippen LogP contribution in [0.3, 0.4) is 0 Å². The number of nitrogen functional groups attached to an aromatic ring is 1. The van der Waals surface area contributed by atoms with E-state index in [2.05, 4.69) is 9.88 Å². The Morgan fingerprint density at radius 1 is 1.38 bits per heavy atom. The fraction of sp³-hybridized carbons (Fsp3) is 0.167. The molecule has 0 fully saturated rings. The lowest BCUT2D eigenvalue weighted by molar-refractivity contribution is 0.0692. The first-order valence-electron chi connectivity index (χ1n) is 5.81. The van der Waals surface area contributed by atoms with Gasteiger partial charge in [0.2, 0.25) is 5.88 Å². The van der Waals surface area contributed by atoms with Crippen LogP contribution in [0.2, 0.25) is 0 Å². The lowest BCUT2D eigenvalue weighted by Gasteiger charge is -2.09. The van der Waals surface area contributed by atoms with Gasteiger partial charge >= 0.3 is 5.97 Å². The summed E-state index contributed by atoms with van der Waals surface area (Å²) in [5.74, 6) is -1.45. The molecule has 0 atom stereocenters. The molecular weight excluding hydrogens is 298 g/mol. The van der Waals surface area contributed by atoms with Crippen LogP contribution < -0.4 is 10.5 Å². The number of sulfonamides is 1. The minimum atomic E-state index is -4.14. The Morgan fingerprint density at radius 3 is 2.57 bits per heavy atom. The normalized spacial score (nSPS) is 11.3. The average molecular weight is 311 g/mol. The summed E-state index contributed by atoms with van der Waals surface area (Å²) >= 11 is 0. The fourth-order valence-corrected chi connectivity index (χ4v) is 2.86. The summed E-state index contributed by atoms with van der Waals surface area (Å²) in [7, 11) is -4.14. The number of carbonyl (C=O) groups is 1. The van der Waals surface area contributed by atoms with Crippen LogP contribution >= 0.6 is 0 Å². The molecule has 0 aliphatic heterocycles. The van der Waals surface area contributed by atoms with Crippen LogP contribution in [0.15, 0.2) is 27.6 Å². The molecule has 2 rings (SSSR count). The number of aromatic nitrogens is 1. The summed E-state index contributed by atoms with van der Waals surface area (Å²) in [4.78, 5) is 10.8. The van der Waals surface area contributed by atoms with Crippen molar-refractivity contribution >= 4 is 27.6 Å². The molecule has 4 N–H and O–H groups in total. The molecule has 1 aromatic carbocycles. The van der Waals surface area contributed by atoms with Gasteiger partial charge < -0.3 is 15.4 Å². The molecule has 0 spiro atoms. The van der Waals surface area contributed by atoms with Crippen molar-refractivity contribution in [2.75, 3.05) is 10.5 Å². The molecule has 0 radical (unpaired) electrons. The largest absolute Gasteiger partial charge is 0.478 e. The van der Waals surface area contributed by atoms with Gasteiger partial charge in [-0.25, -0.2) is 17.9 Å². The quantitative estimate of drug-likeness (QED) is 0.725. The molecule has 112 valence electrons. The second-order valence-electron chi connectivity index (χ2n) is 4.39. The van der Waals surface area contributed by atoms with Gasteiger partial charge in [0.15, 0.2) is 0 Å². The van der Waals surface area contributed by atoms with Crippen molar-refractivity contribution in [3.63, 3.8) is 0 Å². The van der Waals surface area contributed by atoms with Crippen molar-refractivity contribution in [2.45, 2.75) is 18.7 Å². The molecule has 0 bridgehead atoms. The van der Waals surface area contributed by atoms with Crippen molar-refractivity contribution < 1.29 is 22.8 Å². The maximum atomic E-state index is 12.3. The smallest absolute Gasteiger partial charge is 0.337 e. The van der Waals surface area contributed by atoms with Gasteiger partial charge in [-0.2, -0.15) is 0 Å². The van der Waals surface area contributed by atoms with Gasteiger partial charge in [-0.05, 0) is 32.0 Å². The molecule has 2 aromatic rings. The molecule has 0 unspecified atom stereocenters. The Morgan fingerprint density at radius 2 is 2.05 bits per heavy atom. The Bertz CT molecular complexity index is 810. The Balaban J connectivity index is 2.50. The van der Waals surface area contributed by atoms with Gasteiger partial charge in [0, 0.05) is 11.3 Å². The number of rotatable bonds is 4. The summed E-state index contributed by atoms with van der Waals surface area (Å²) in [6, 6.07) is 3.51. The number of nitrogens with zero attached hydrogens (tertiary/aromatic N) is 1. The van der Waals surface area contributed by atoms with E-state index in [1.165, 1.54) is 6.07 Å². The maximum absolute atomic E-state index is 12.3. The molecule has 21 heavy (non-hydrogen) atoms. The lowest BCUT2D eigenvalue weighted by Crippen LogP contribution is -2.17. The Hall–Kier alpha value is -2.55. The predicted molar refractivity (Wildman–Crippen MR) is 74.6 cm³/mol. The number of carboxylic acid groups (broad SMARTS) is 1. The van der Waals surface area contributed by atoms with E-state index in [-0.39, 0.29) is 11.6 Å². The van der Waals surface area contributed by atoms with Crippen molar-refractivity contribution in [2.24, 2.45) is 0 Å². The van der Waals surface area contributed by atoms with Crippen LogP contribution in [0.4, 0.5) is 11.6 Å². The van der Waals surface area contributed by atoms with Gasteiger partial charge in [-0.15, -0.1) is 0 Å². The maximum Gasteiger partial charge on any atom is 0.337 e. The summed E-state index contributed by atoms with van der Waals surface area (Å²) in [6.45, 7) is 3.29. The van der Waals surface area contributed by atoms with E-state index >= 15 is 0 Å². The van der Waals surface area contributed by atoms with Gasteiger partial charge in [0.05, 0.1) is 11.3 Å². The number of nitrogens with two attached hydrogens (primary N) is 1. The second kappa shape index (κ2) is 5.09. The van der Waals surface area contributed by atoms with Crippen LogP contribution in [0.5, 0.6) is 0 Å². The average Bonchev–Trinajstić information content (AvgIpc) is 2.70. The summed E-state index contributed by atoms with van der Waals surface area (Å²) in [5.41, 5.74) is 6.26. The van der Waals surface area contributed by atoms with Gasteiger partial charge in [-0.3, -0.25) is 0 Å². The van der Waals surface area contributed by atoms with Gasteiger partial charge in [-0.1, -0.05) is 5.16 Å². The predicted octanol–water partition coefficient (Wildman–Crippen LogP) is 1.37. The first kappa shape index (κ1) is 14.9. The van der Waals surface area contributed by atoms with Crippen molar-refractivity contribution in [3.8, 4) is 0 Å². The van der Waals surface area contributed by atoms with E-state index in [4.69, 9.17) is 15.4 Å². The minimum absolute atomic E-state index is 0.0549. The zero-order valence-electron chi connectivity index (χ0n) is 11.2. The fourth-order valence-electron chi connectivity index (χ4n) is 1.64. The molecule has 9 heteroatoms. The van der Waals surface area contributed by atoms with E-state index in [9.17, 15) is 13.2 Å². The summed E-state index contributed by atoms with van der Waals surface area (Å²) < 4.78 is 31.6. The third kappa shape index (κ3) is 2.82. The van der Waals surface area contributed by atoms with Crippen LogP contribution in [-0.4, -0.2) is 24.7 Å². The molecule has 0 saturated heterocycles. The number of hydrogen-bond acceptors (Lipinski definition) is 6. The monoisotopic (exact) mass is 311 g/mol. The molecule has 1 aromatic heterocycles. The summed E-state index contributed by atoms with van der Waals surface area (Å²) in [6.07, 6.45) is 0. The SMILES string of the molecule is Cc1noc(NS(=O)(=O)c2ccc(N)cc2C(=O)O)c1C. The first-order chi connectivity index (χ1) is 9.72. The number of carboxylic acids is 1. The second-order valence-corrected chi connectivity index (χ2v) is 6.04. The number of benzene rings is 1. The van der Waals surface area contributed by atoms with Crippen LogP contribution in [0, 0.1) is 13.8 Å². The molecule has 8 nitrogen and oxygen atoms in total. The Labute approximate surface area is 120 Å². The highest BCUT2D eigenvalue weighted by molar-refractivity contribution is 7.92. The van der Waals surface area contributed by atoms with Gasteiger partial charge in [0.1, 0.15) is 4.90 Å². The molecular formula is C12H13N3O5S. The first-order valence-corrected chi connectivity index (χ1v) is 7.29. The highest BCUT2D eigenvalue weighted by atomic mass is 32.2. The zero-order chi connectivity index (χ0) is 15.8. The number of nitrogens with one attached hydrogen (secondary N) is 1. The van der Waals surface area contributed by atoms with E-state index in [1.54, 1.807) is 13.8 Å². The third-order valence-electron chi connectivity index (χ3n) is 2.91. The summed E-state index contributed by atoms with van der Waals surface area (Å²) in [5, 5.41) is 12.7. The van der Waals surface area contributed by atoms with Crippen LogP contribution in [0.25, 0.3) is 0 Å². The standard InChI is InChI=1S/C12H13N3O5S/c1-6-7(2)14-20-11(6)15-21(18,19)10-4-3-8(13)5-9(10)12(16)17/h3-5,15H,13H2,1-2H3,(H,16,17). The lowest BCUT2D eigenvalue weighted by atomic mass is 10.2. The van der Waals surface area contributed by atoms with E-state index in [0.29, 0.717) is 11.3 Å². The van der Waals surface area contributed by atoms with E-state index < -0.39 is 26.5 Å². The van der Waals surface area contributed by atoms with Crippen LogP contribution in [-0.2, 0) is 10.0 Å². The van der Waals surface area contributed by atoms with Crippen LogP contribution in [0.1, 0.15) is 21.6 Å². The number of aromatic carboxylic acids is 1. The molecule has 0 aliphatic rings.